The van der Waals surface area contributed by atoms with Crippen LogP contribution in [0.3, 0.4) is 0 Å². The van der Waals surface area contributed by atoms with E-state index in [1.165, 1.54) is 0 Å². The highest BCUT2D eigenvalue weighted by molar-refractivity contribution is 8.01. The van der Waals surface area contributed by atoms with Crippen LogP contribution in [0, 0.1) is 0 Å². The van der Waals surface area contributed by atoms with Crippen LogP contribution in [0.4, 0.5) is 5.13 Å². The number of nitrogens with zero attached hydrogens (tertiary/aromatic N) is 3. The van der Waals surface area contributed by atoms with E-state index in [1.807, 2.05) is 32.8 Å². The SMILES string of the molecule is CCNC(C)(CCCSc1nnc(N(C)C)s1)C(N)=O. The molecule has 0 fully saturated rings. The van der Waals surface area contributed by atoms with Crippen molar-refractivity contribution >= 4 is 34.1 Å². The first-order valence-electron chi connectivity index (χ1n) is 6.57. The minimum absolute atomic E-state index is 0.296. The Bertz CT molecular complexity index is 437. The second-order valence-electron chi connectivity index (χ2n) is 4.92. The van der Waals surface area contributed by atoms with Gasteiger partial charge >= 0.3 is 0 Å². The highest BCUT2D eigenvalue weighted by Gasteiger charge is 2.28. The van der Waals surface area contributed by atoms with Crippen LogP contribution in [0.15, 0.2) is 4.34 Å². The zero-order valence-corrected chi connectivity index (χ0v) is 14.1. The van der Waals surface area contributed by atoms with Crippen LogP contribution in [0.25, 0.3) is 0 Å². The monoisotopic (exact) mass is 317 g/mol. The molecule has 1 aromatic rings. The van der Waals surface area contributed by atoms with Crippen LogP contribution in [0.5, 0.6) is 0 Å². The number of likely N-dealkylation sites (N-methyl/N-ethyl adjacent to an activating group) is 1. The van der Waals surface area contributed by atoms with Crippen molar-refractivity contribution < 1.29 is 4.79 Å². The maximum absolute atomic E-state index is 11.5. The Morgan fingerprint density at radius 3 is 2.70 bits per heavy atom. The standard InChI is InChI=1S/C12H23N5OS2/c1-5-14-12(2,9(13)18)7-6-8-19-11-16-15-10(20-11)17(3)4/h14H,5-8H2,1-4H3,(H2,13,18). The predicted molar refractivity (Wildman–Crippen MR) is 85.5 cm³/mol. The number of carbonyl (C=O) groups excluding carboxylic acids is 1. The molecule has 1 unspecified atom stereocenters. The van der Waals surface area contributed by atoms with Gasteiger partial charge in [-0.2, -0.15) is 0 Å². The molecule has 0 aliphatic carbocycles. The topological polar surface area (TPSA) is 84.1 Å². The summed E-state index contributed by atoms with van der Waals surface area (Å²) in [6, 6.07) is 0. The van der Waals surface area contributed by atoms with Gasteiger partial charge < -0.3 is 16.0 Å². The summed E-state index contributed by atoms with van der Waals surface area (Å²) >= 11 is 3.24. The maximum Gasteiger partial charge on any atom is 0.237 e. The first-order chi connectivity index (χ1) is 9.39. The number of thioether (sulfide) groups is 1. The molecule has 1 aromatic heterocycles. The summed E-state index contributed by atoms with van der Waals surface area (Å²) in [6.07, 6.45) is 1.62. The first kappa shape index (κ1) is 17.2. The zero-order chi connectivity index (χ0) is 15.2. The van der Waals surface area contributed by atoms with E-state index in [4.69, 9.17) is 5.73 Å². The molecule has 20 heavy (non-hydrogen) atoms. The van der Waals surface area contributed by atoms with Crippen molar-refractivity contribution in [1.82, 2.24) is 15.5 Å². The Kier molecular flexibility index (Phi) is 6.70. The second-order valence-corrected chi connectivity index (χ2v) is 7.22. The van der Waals surface area contributed by atoms with Crippen molar-refractivity contribution in [3.05, 3.63) is 0 Å². The van der Waals surface area contributed by atoms with E-state index >= 15 is 0 Å². The fourth-order valence-electron chi connectivity index (χ4n) is 1.72. The third kappa shape index (κ3) is 4.92. The number of rotatable bonds is 9. The number of anilines is 1. The van der Waals surface area contributed by atoms with Crippen LogP contribution in [-0.2, 0) is 4.79 Å². The summed E-state index contributed by atoms with van der Waals surface area (Å²) in [4.78, 5) is 13.4. The smallest absolute Gasteiger partial charge is 0.237 e. The average Bonchev–Trinajstić information content (AvgIpc) is 2.84. The molecule has 0 radical (unpaired) electrons. The third-order valence-corrected chi connectivity index (χ3v) is 5.25. The van der Waals surface area contributed by atoms with Crippen molar-refractivity contribution in [3.8, 4) is 0 Å². The fourth-order valence-corrected chi connectivity index (χ4v) is 3.49. The van der Waals surface area contributed by atoms with Gasteiger partial charge in [0.15, 0.2) is 4.34 Å². The number of aromatic nitrogens is 2. The second kappa shape index (κ2) is 7.80. The van der Waals surface area contributed by atoms with E-state index in [0.29, 0.717) is 0 Å². The van der Waals surface area contributed by atoms with Crippen molar-refractivity contribution in [3.63, 3.8) is 0 Å². The minimum Gasteiger partial charge on any atom is -0.368 e. The summed E-state index contributed by atoms with van der Waals surface area (Å²) in [7, 11) is 3.90. The van der Waals surface area contributed by atoms with E-state index in [2.05, 4.69) is 15.5 Å². The van der Waals surface area contributed by atoms with E-state index < -0.39 is 5.54 Å². The molecule has 0 bridgehead atoms. The summed E-state index contributed by atoms with van der Waals surface area (Å²) in [5.74, 6) is 0.603. The Labute approximate surface area is 128 Å². The van der Waals surface area contributed by atoms with Gasteiger partial charge in [0.25, 0.3) is 0 Å². The molecule has 1 heterocycles. The molecule has 1 rings (SSSR count). The summed E-state index contributed by atoms with van der Waals surface area (Å²) < 4.78 is 0.956. The quantitative estimate of drug-likeness (QED) is 0.528. The Balaban J connectivity index is 2.38. The molecule has 1 atom stereocenters. The molecule has 3 N–H and O–H groups in total. The van der Waals surface area contributed by atoms with Crippen molar-refractivity contribution in [1.29, 1.82) is 0 Å². The molecule has 8 heteroatoms. The van der Waals surface area contributed by atoms with E-state index in [0.717, 1.165) is 34.6 Å². The lowest BCUT2D eigenvalue weighted by Gasteiger charge is -2.26. The molecular weight excluding hydrogens is 294 g/mol. The van der Waals surface area contributed by atoms with Crippen molar-refractivity contribution in [2.45, 2.75) is 36.6 Å². The number of carbonyl (C=O) groups is 1. The lowest BCUT2D eigenvalue weighted by atomic mass is 9.95. The van der Waals surface area contributed by atoms with Gasteiger partial charge in [-0.05, 0) is 26.3 Å². The number of primary amides is 1. The number of nitrogens with one attached hydrogen (secondary N) is 1. The highest BCUT2D eigenvalue weighted by atomic mass is 32.2. The van der Waals surface area contributed by atoms with Gasteiger partial charge in [0.1, 0.15) is 0 Å². The summed E-state index contributed by atoms with van der Waals surface area (Å²) in [6.45, 7) is 4.56. The van der Waals surface area contributed by atoms with Gasteiger partial charge in [-0.15, -0.1) is 10.2 Å². The summed E-state index contributed by atoms with van der Waals surface area (Å²) in [5.41, 5.74) is 4.83. The molecule has 1 amide bonds. The Morgan fingerprint density at radius 2 is 2.20 bits per heavy atom. The lowest BCUT2D eigenvalue weighted by molar-refractivity contribution is -0.124. The van der Waals surface area contributed by atoms with E-state index in [9.17, 15) is 4.79 Å². The minimum atomic E-state index is -0.620. The summed E-state index contributed by atoms with van der Waals surface area (Å²) in [5, 5.41) is 12.3. The number of hydrogen-bond acceptors (Lipinski definition) is 7. The molecule has 0 aliphatic heterocycles. The Morgan fingerprint density at radius 1 is 1.50 bits per heavy atom. The van der Waals surface area contributed by atoms with E-state index in [1.54, 1.807) is 23.1 Å². The molecular formula is C12H23N5OS2. The number of nitrogens with two attached hydrogens (primary N) is 1. The molecule has 0 aromatic carbocycles. The van der Waals surface area contributed by atoms with Gasteiger partial charge in [-0.1, -0.05) is 30.0 Å². The normalized spacial score (nSPS) is 14.0. The van der Waals surface area contributed by atoms with Gasteiger partial charge in [-0.25, -0.2) is 0 Å². The predicted octanol–water partition coefficient (Wildman–Crippen LogP) is 1.33. The van der Waals surface area contributed by atoms with Crippen molar-refractivity contribution in [2.75, 3.05) is 31.3 Å². The number of amides is 1. The fraction of sp³-hybridized carbons (Fsp3) is 0.750. The van der Waals surface area contributed by atoms with Gasteiger partial charge in [0.05, 0.1) is 5.54 Å². The first-order valence-corrected chi connectivity index (χ1v) is 8.38. The maximum atomic E-state index is 11.5. The Hall–Kier alpha value is -0.860. The van der Waals surface area contributed by atoms with Crippen molar-refractivity contribution in [2.24, 2.45) is 5.73 Å². The molecule has 114 valence electrons. The van der Waals surface area contributed by atoms with Crippen LogP contribution in [-0.4, -0.2) is 48.0 Å². The zero-order valence-electron chi connectivity index (χ0n) is 12.5. The largest absolute Gasteiger partial charge is 0.368 e. The average molecular weight is 317 g/mol. The van der Waals surface area contributed by atoms with Gasteiger partial charge in [0.2, 0.25) is 11.0 Å². The van der Waals surface area contributed by atoms with Gasteiger partial charge in [0, 0.05) is 19.8 Å². The van der Waals surface area contributed by atoms with Gasteiger partial charge in [-0.3, -0.25) is 4.79 Å². The lowest BCUT2D eigenvalue weighted by Crippen LogP contribution is -2.53. The molecule has 0 saturated carbocycles. The molecule has 0 saturated heterocycles. The van der Waals surface area contributed by atoms with Crippen LogP contribution in [0.1, 0.15) is 26.7 Å². The van der Waals surface area contributed by atoms with Crippen LogP contribution >= 0.6 is 23.1 Å². The molecule has 0 aliphatic rings. The van der Waals surface area contributed by atoms with Crippen LogP contribution in [0.2, 0.25) is 0 Å². The van der Waals surface area contributed by atoms with E-state index in [-0.39, 0.29) is 5.91 Å². The molecule has 0 spiro atoms. The molecule has 6 nitrogen and oxygen atoms in total. The number of hydrogen-bond donors (Lipinski definition) is 2. The third-order valence-electron chi connectivity index (χ3n) is 2.94. The van der Waals surface area contributed by atoms with Crippen LogP contribution < -0.4 is 16.0 Å². The highest BCUT2D eigenvalue weighted by Crippen LogP contribution is 2.28.